The van der Waals surface area contributed by atoms with Crippen LogP contribution in [-0.4, -0.2) is 65.7 Å². The molecule has 4 N–H and O–H groups in total. The molecule has 1 aliphatic carbocycles. The van der Waals surface area contributed by atoms with E-state index in [0.717, 1.165) is 35.9 Å². The van der Waals surface area contributed by atoms with Crippen LogP contribution in [0.1, 0.15) is 37.3 Å². The standard InChI is InChI=1S/C21H29N5O3/c1-4-26(5-2)21(28)24-13-9-14-16(25(3)11-13)8-12-10-23-15-6-7-17(29-20(22)27)19(14)18(12)15/h6-7,10,13-14,16,23H,4-5,8-9,11H2,1-3H3,(H2,22,27)(H,24,28)/t13-,14?,16+/m0/s1. The number of nitrogens with two attached hydrogens (primary N) is 1. The molecule has 0 radical (unpaired) electrons. The van der Waals surface area contributed by atoms with Crippen molar-refractivity contribution in [3.8, 4) is 5.75 Å². The third-order valence-corrected chi connectivity index (χ3v) is 6.39. The first kappa shape index (κ1) is 19.6. The second-order valence-electron chi connectivity index (χ2n) is 8.01. The van der Waals surface area contributed by atoms with Crippen molar-refractivity contribution in [2.75, 3.05) is 26.7 Å². The maximum Gasteiger partial charge on any atom is 0.409 e. The van der Waals surface area contributed by atoms with Crippen molar-refractivity contribution < 1.29 is 14.3 Å². The van der Waals surface area contributed by atoms with Gasteiger partial charge in [0, 0.05) is 60.3 Å². The van der Waals surface area contributed by atoms with Crippen LogP contribution >= 0.6 is 0 Å². The molecule has 1 aliphatic heterocycles. The third kappa shape index (κ3) is 3.42. The zero-order chi connectivity index (χ0) is 20.7. The van der Waals surface area contributed by atoms with Crippen molar-refractivity contribution in [1.82, 2.24) is 20.1 Å². The highest BCUT2D eigenvalue weighted by Crippen LogP contribution is 2.47. The lowest BCUT2D eigenvalue weighted by molar-refractivity contribution is 0.123. The lowest BCUT2D eigenvalue weighted by Crippen LogP contribution is -2.56. The highest BCUT2D eigenvalue weighted by molar-refractivity contribution is 5.91. The van der Waals surface area contributed by atoms with Crippen molar-refractivity contribution in [3.05, 3.63) is 29.5 Å². The lowest BCUT2D eigenvalue weighted by Gasteiger charge is -2.46. The predicted molar refractivity (Wildman–Crippen MR) is 111 cm³/mol. The number of piperidine rings is 1. The van der Waals surface area contributed by atoms with Gasteiger partial charge in [0.25, 0.3) is 0 Å². The molecule has 156 valence electrons. The Kier molecular flexibility index (Phi) is 5.12. The Balaban J connectivity index is 1.69. The van der Waals surface area contributed by atoms with Gasteiger partial charge in [0.1, 0.15) is 5.75 Å². The molecule has 1 aromatic carbocycles. The molecule has 1 unspecified atom stereocenters. The number of ether oxygens (including phenoxy) is 1. The monoisotopic (exact) mass is 399 g/mol. The molecule has 0 saturated carbocycles. The number of urea groups is 1. The van der Waals surface area contributed by atoms with Crippen molar-refractivity contribution in [2.45, 2.75) is 44.7 Å². The van der Waals surface area contributed by atoms with Crippen LogP contribution in [0.2, 0.25) is 0 Å². The minimum atomic E-state index is -0.810. The Morgan fingerprint density at radius 1 is 1.34 bits per heavy atom. The number of likely N-dealkylation sites (N-methyl/N-ethyl adjacent to an activating group) is 1. The summed E-state index contributed by atoms with van der Waals surface area (Å²) in [7, 11) is 2.10. The summed E-state index contributed by atoms with van der Waals surface area (Å²) in [5, 5.41) is 4.32. The number of H-pyrrole nitrogens is 1. The molecule has 1 fully saturated rings. The number of rotatable bonds is 4. The van der Waals surface area contributed by atoms with Crippen LogP contribution < -0.4 is 15.8 Å². The quantitative estimate of drug-likeness (QED) is 0.734. The fourth-order valence-corrected chi connectivity index (χ4v) is 5.07. The number of nitrogens with zero attached hydrogens (tertiary/aromatic N) is 2. The average Bonchev–Trinajstić information content (AvgIpc) is 3.08. The van der Waals surface area contributed by atoms with Crippen LogP contribution in [0.4, 0.5) is 9.59 Å². The largest absolute Gasteiger partial charge is 0.410 e. The first-order chi connectivity index (χ1) is 13.9. The molecule has 2 aliphatic rings. The van der Waals surface area contributed by atoms with E-state index in [2.05, 4.69) is 22.2 Å². The minimum Gasteiger partial charge on any atom is -0.410 e. The van der Waals surface area contributed by atoms with Gasteiger partial charge in [-0.05, 0) is 51.4 Å². The zero-order valence-corrected chi connectivity index (χ0v) is 17.2. The topological polar surface area (TPSA) is 104 Å². The van der Waals surface area contributed by atoms with Crippen LogP contribution in [0.15, 0.2) is 18.3 Å². The SMILES string of the molecule is CCN(CC)C(=O)N[C@H]1CC2c3c(OC(N)=O)ccc4[nH]cc(c34)C[C@H]2N(C)C1. The van der Waals surface area contributed by atoms with Gasteiger partial charge in [-0.2, -0.15) is 0 Å². The summed E-state index contributed by atoms with van der Waals surface area (Å²) < 4.78 is 5.39. The fraction of sp³-hybridized carbons (Fsp3) is 0.524. The summed E-state index contributed by atoms with van der Waals surface area (Å²) in [4.78, 5) is 31.5. The normalized spacial score (nSPS) is 23.5. The maximum absolute atomic E-state index is 12.6. The molecule has 0 bridgehead atoms. The summed E-state index contributed by atoms with van der Waals surface area (Å²) in [6.45, 7) is 6.11. The molecule has 29 heavy (non-hydrogen) atoms. The van der Waals surface area contributed by atoms with Gasteiger partial charge in [-0.25, -0.2) is 9.59 Å². The van der Waals surface area contributed by atoms with Gasteiger partial charge in [-0.3, -0.25) is 0 Å². The van der Waals surface area contributed by atoms with Crippen LogP contribution in [-0.2, 0) is 6.42 Å². The molecule has 3 amide bonds. The van der Waals surface area contributed by atoms with Crippen LogP contribution in [0.25, 0.3) is 10.9 Å². The molecule has 8 nitrogen and oxygen atoms in total. The molecule has 1 aromatic heterocycles. The molecule has 2 aromatic rings. The van der Waals surface area contributed by atoms with E-state index in [4.69, 9.17) is 10.5 Å². The van der Waals surface area contributed by atoms with E-state index < -0.39 is 6.09 Å². The van der Waals surface area contributed by atoms with E-state index in [1.54, 1.807) is 4.90 Å². The zero-order valence-electron chi connectivity index (χ0n) is 17.2. The summed E-state index contributed by atoms with van der Waals surface area (Å²) in [6.07, 6.45) is 2.95. The third-order valence-electron chi connectivity index (χ3n) is 6.39. The van der Waals surface area contributed by atoms with Crippen molar-refractivity contribution in [3.63, 3.8) is 0 Å². The first-order valence-corrected chi connectivity index (χ1v) is 10.3. The van der Waals surface area contributed by atoms with Gasteiger partial charge in [-0.1, -0.05) is 0 Å². The number of amides is 3. The fourth-order valence-electron chi connectivity index (χ4n) is 5.07. The van der Waals surface area contributed by atoms with Gasteiger partial charge < -0.3 is 30.6 Å². The van der Waals surface area contributed by atoms with Crippen molar-refractivity contribution in [2.24, 2.45) is 5.73 Å². The molecular formula is C21H29N5O3. The number of hydrogen-bond acceptors (Lipinski definition) is 4. The van der Waals surface area contributed by atoms with E-state index in [-0.39, 0.29) is 24.0 Å². The second-order valence-corrected chi connectivity index (χ2v) is 8.01. The van der Waals surface area contributed by atoms with E-state index >= 15 is 0 Å². The Morgan fingerprint density at radius 3 is 2.79 bits per heavy atom. The summed E-state index contributed by atoms with van der Waals surface area (Å²) in [5.41, 5.74) is 8.61. The second kappa shape index (κ2) is 7.59. The Labute approximate surface area is 170 Å². The summed E-state index contributed by atoms with van der Waals surface area (Å²) in [5.74, 6) is 0.654. The Bertz CT molecular complexity index is 936. The number of fused-ring (bicyclic) bond motifs is 2. The summed E-state index contributed by atoms with van der Waals surface area (Å²) >= 11 is 0. The summed E-state index contributed by atoms with van der Waals surface area (Å²) in [6, 6.07) is 4.00. The van der Waals surface area contributed by atoms with Gasteiger partial charge in [-0.15, -0.1) is 0 Å². The number of carbonyl (C=O) groups is 2. The van der Waals surface area contributed by atoms with Gasteiger partial charge in [0.2, 0.25) is 0 Å². The molecule has 0 spiro atoms. The Hall–Kier alpha value is -2.74. The van der Waals surface area contributed by atoms with Crippen molar-refractivity contribution >= 4 is 23.0 Å². The lowest BCUT2D eigenvalue weighted by atomic mass is 9.73. The van der Waals surface area contributed by atoms with Crippen molar-refractivity contribution in [1.29, 1.82) is 0 Å². The number of likely N-dealkylation sites (tertiary alicyclic amines) is 1. The highest BCUT2D eigenvalue weighted by Gasteiger charge is 2.41. The number of aromatic nitrogens is 1. The molecule has 8 heteroatoms. The van der Waals surface area contributed by atoms with Crippen LogP contribution in [0, 0.1) is 0 Å². The molecule has 1 saturated heterocycles. The smallest absolute Gasteiger partial charge is 0.409 e. The van der Waals surface area contributed by atoms with Gasteiger partial charge in [0.15, 0.2) is 0 Å². The maximum atomic E-state index is 12.6. The predicted octanol–water partition coefficient (Wildman–Crippen LogP) is 2.39. The highest BCUT2D eigenvalue weighted by atomic mass is 16.5. The molecule has 4 rings (SSSR count). The number of primary amides is 1. The number of hydrogen-bond donors (Lipinski definition) is 3. The van der Waals surface area contributed by atoms with Gasteiger partial charge in [0.05, 0.1) is 0 Å². The molecule has 2 heterocycles. The van der Waals surface area contributed by atoms with E-state index in [1.807, 2.05) is 32.2 Å². The van der Waals surface area contributed by atoms with E-state index in [0.29, 0.717) is 18.8 Å². The van der Waals surface area contributed by atoms with Gasteiger partial charge >= 0.3 is 12.1 Å². The number of aromatic amines is 1. The Morgan fingerprint density at radius 2 is 2.10 bits per heavy atom. The average molecular weight is 399 g/mol. The van der Waals surface area contributed by atoms with Crippen LogP contribution in [0.5, 0.6) is 5.75 Å². The molecular weight excluding hydrogens is 370 g/mol. The minimum absolute atomic E-state index is 0.0199. The number of benzene rings is 1. The van der Waals surface area contributed by atoms with E-state index in [1.165, 1.54) is 5.56 Å². The first-order valence-electron chi connectivity index (χ1n) is 10.3. The number of nitrogens with one attached hydrogen (secondary N) is 2. The van der Waals surface area contributed by atoms with E-state index in [9.17, 15) is 9.59 Å². The number of carbonyl (C=O) groups excluding carboxylic acids is 2. The van der Waals surface area contributed by atoms with Crippen LogP contribution in [0.3, 0.4) is 0 Å². The molecule has 3 atom stereocenters.